The van der Waals surface area contributed by atoms with E-state index in [9.17, 15) is 8.42 Å². The predicted octanol–water partition coefficient (Wildman–Crippen LogP) is 0.552. The smallest absolute Gasteiger partial charge is 0.276 e. The van der Waals surface area contributed by atoms with Gasteiger partial charge in [-0.25, -0.2) is 5.14 Å². The van der Waals surface area contributed by atoms with Crippen LogP contribution in [0.15, 0.2) is 10.7 Å². The van der Waals surface area contributed by atoms with Crippen molar-refractivity contribution in [2.75, 3.05) is 13.1 Å². The van der Waals surface area contributed by atoms with Crippen LogP contribution in [-0.4, -0.2) is 45.7 Å². The van der Waals surface area contributed by atoms with Crippen LogP contribution < -0.4 is 5.14 Å². The Morgan fingerprint density at radius 2 is 2.08 bits per heavy atom. The molecule has 1 aliphatic carbocycles. The molecule has 10 heteroatoms. The van der Waals surface area contributed by atoms with Crippen LogP contribution in [-0.2, 0) is 17.3 Å². The summed E-state index contributed by atoms with van der Waals surface area (Å²) < 4.78 is 31.3. The van der Waals surface area contributed by atoms with E-state index in [1.807, 2.05) is 14.0 Å². The minimum Gasteiger partial charge on any atom is -0.332 e. The third kappa shape index (κ3) is 2.45. The highest BCUT2D eigenvalue weighted by atomic mass is 32.2. The van der Waals surface area contributed by atoms with Crippen LogP contribution in [0, 0.1) is 12.3 Å². The maximum atomic E-state index is 11.4. The molecule has 0 bridgehead atoms. The first-order valence-electron chi connectivity index (χ1n) is 7.91. The van der Waals surface area contributed by atoms with E-state index < -0.39 is 10.2 Å². The minimum atomic E-state index is -3.59. The molecule has 3 heterocycles. The second-order valence-corrected chi connectivity index (χ2v) is 8.37. The van der Waals surface area contributed by atoms with E-state index >= 15 is 0 Å². The monoisotopic (exact) mass is 352 g/mol. The molecule has 4 rings (SSSR count). The van der Waals surface area contributed by atoms with Gasteiger partial charge in [0.2, 0.25) is 0 Å². The third-order valence-electron chi connectivity index (χ3n) is 5.35. The Morgan fingerprint density at radius 1 is 1.38 bits per heavy atom. The van der Waals surface area contributed by atoms with E-state index in [2.05, 4.69) is 15.2 Å². The first-order chi connectivity index (χ1) is 11.3. The summed E-state index contributed by atoms with van der Waals surface area (Å²) in [6.07, 6.45) is 4.29. The van der Waals surface area contributed by atoms with Gasteiger partial charge in [0.25, 0.3) is 16.1 Å². The zero-order chi connectivity index (χ0) is 17.1. The van der Waals surface area contributed by atoms with Gasteiger partial charge in [0.05, 0.1) is 6.20 Å². The van der Waals surface area contributed by atoms with Gasteiger partial charge in [-0.3, -0.25) is 4.68 Å². The highest BCUT2D eigenvalue weighted by molar-refractivity contribution is 7.86. The van der Waals surface area contributed by atoms with Crippen molar-refractivity contribution in [3.63, 3.8) is 0 Å². The number of nitrogens with zero attached hydrogens (tertiary/aromatic N) is 5. The highest BCUT2D eigenvalue weighted by Crippen LogP contribution is 2.64. The number of nitrogens with two attached hydrogens (primary N) is 1. The third-order valence-corrected chi connectivity index (χ3v) is 6.43. The van der Waals surface area contributed by atoms with E-state index in [0.29, 0.717) is 24.8 Å². The zero-order valence-electron chi connectivity index (χ0n) is 13.6. The summed E-state index contributed by atoms with van der Waals surface area (Å²) in [5.74, 6) is 1.41. The second-order valence-electron chi connectivity index (χ2n) is 6.82. The van der Waals surface area contributed by atoms with Gasteiger partial charge in [0.1, 0.15) is 5.69 Å². The Balaban J connectivity index is 1.50. The minimum absolute atomic E-state index is 0.0871. The van der Waals surface area contributed by atoms with Gasteiger partial charge in [-0.1, -0.05) is 5.16 Å². The summed E-state index contributed by atoms with van der Waals surface area (Å²) in [6.45, 7) is 2.87. The van der Waals surface area contributed by atoms with E-state index in [1.165, 1.54) is 4.31 Å². The second kappa shape index (κ2) is 5.11. The fourth-order valence-electron chi connectivity index (χ4n) is 3.78. The molecule has 0 unspecified atom stereocenters. The molecule has 1 atom stereocenters. The SMILES string of the molecule is Cc1cnn(C)c1-c1nc([C@@H]2CC23CCN(S(N)(=O)=O)CC3)no1. The van der Waals surface area contributed by atoms with Crippen molar-refractivity contribution >= 4 is 10.2 Å². The van der Waals surface area contributed by atoms with Gasteiger partial charge in [-0.15, -0.1) is 0 Å². The van der Waals surface area contributed by atoms with Gasteiger partial charge in [-0.2, -0.15) is 22.8 Å². The van der Waals surface area contributed by atoms with Gasteiger partial charge in [-0.05, 0) is 37.2 Å². The topological polar surface area (TPSA) is 120 Å². The molecule has 2 N–H and O–H groups in total. The van der Waals surface area contributed by atoms with Crippen LogP contribution in [0.5, 0.6) is 0 Å². The molecule has 1 saturated heterocycles. The molecule has 24 heavy (non-hydrogen) atoms. The fourth-order valence-corrected chi connectivity index (χ4v) is 4.47. The van der Waals surface area contributed by atoms with Gasteiger partial charge in [0, 0.05) is 26.1 Å². The number of piperidine rings is 1. The van der Waals surface area contributed by atoms with Gasteiger partial charge in [0.15, 0.2) is 5.82 Å². The van der Waals surface area contributed by atoms with Crippen molar-refractivity contribution in [1.82, 2.24) is 24.2 Å². The summed E-state index contributed by atoms with van der Waals surface area (Å²) in [5.41, 5.74) is 1.90. The van der Waals surface area contributed by atoms with Crippen molar-refractivity contribution in [3.05, 3.63) is 17.6 Å². The van der Waals surface area contributed by atoms with Crippen LogP contribution in [0.2, 0.25) is 0 Å². The average Bonchev–Trinajstić information content (AvgIpc) is 2.86. The van der Waals surface area contributed by atoms with Crippen molar-refractivity contribution < 1.29 is 12.9 Å². The molecule has 2 aromatic rings. The molecule has 9 nitrogen and oxygen atoms in total. The molecule has 0 radical (unpaired) electrons. The van der Waals surface area contributed by atoms with Crippen molar-refractivity contribution in [3.8, 4) is 11.6 Å². The predicted molar refractivity (Wildman–Crippen MR) is 84.9 cm³/mol. The van der Waals surface area contributed by atoms with E-state index in [4.69, 9.17) is 9.66 Å². The lowest BCUT2D eigenvalue weighted by Crippen LogP contribution is -2.43. The number of rotatable bonds is 3. The Hall–Kier alpha value is -1.78. The molecule has 0 aromatic carbocycles. The van der Waals surface area contributed by atoms with Crippen molar-refractivity contribution in [1.29, 1.82) is 0 Å². The molecule has 2 aromatic heterocycles. The summed E-state index contributed by atoms with van der Waals surface area (Å²) in [6, 6.07) is 0. The van der Waals surface area contributed by atoms with Gasteiger partial charge >= 0.3 is 0 Å². The molecule has 0 amide bonds. The molecular weight excluding hydrogens is 332 g/mol. The Kier molecular flexibility index (Phi) is 3.35. The van der Waals surface area contributed by atoms with Gasteiger partial charge < -0.3 is 4.52 Å². The maximum Gasteiger partial charge on any atom is 0.276 e. The highest BCUT2D eigenvalue weighted by Gasteiger charge is 2.58. The fraction of sp³-hybridized carbons (Fsp3) is 0.643. The molecule has 1 spiro atoms. The standard InChI is InChI=1S/C14H20N6O3S/c1-9-8-16-19(2)11(9)13-17-12(18-23-13)10-7-14(10)3-5-20(6-4-14)24(15,21)22/h8,10H,3-7H2,1-2H3,(H2,15,21,22)/t10-/m0/s1. The molecule has 2 aliphatic rings. The number of aryl methyl sites for hydroxylation is 2. The molecule has 1 saturated carbocycles. The van der Waals surface area contributed by atoms with Crippen LogP contribution in [0.4, 0.5) is 0 Å². The number of aromatic nitrogens is 4. The lowest BCUT2D eigenvalue weighted by Gasteiger charge is -2.30. The van der Waals surface area contributed by atoms with Crippen molar-refractivity contribution in [2.24, 2.45) is 17.6 Å². The van der Waals surface area contributed by atoms with E-state index in [0.717, 1.165) is 30.5 Å². The Bertz CT molecular complexity index is 859. The first-order valence-corrected chi connectivity index (χ1v) is 9.41. The molecule has 1 aliphatic heterocycles. The normalized spacial score (nSPS) is 23.7. The zero-order valence-corrected chi connectivity index (χ0v) is 14.5. The Labute approximate surface area is 140 Å². The summed E-state index contributed by atoms with van der Waals surface area (Å²) in [5, 5.41) is 13.5. The maximum absolute atomic E-state index is 11.4. The van der Waals surface area contributed by atoms with Crippen LogP contribution in [0.25, 0.3) is 11.6 Å². The largest absolute Gasteiger partial charge is 0.332 e. The molecule has 2 fully saturated rings. The summed E-state index contributed by atoms with van der Waals surface area (Å²) in [4.78, 5) is 4.56. The lowest BCUT2D eigenvalue weighted by molar-refractivity contribution is 0.249. The number of hydrogen-bond acceptors (Lipinski definition) is 6. The summed E-state index contributed by atoms with van der Waals surface area (Å²) in [7, 11) is -1.75. The summed E-state index contributed by atoms with van der Waals surface area (Å²) >= 11 is 0. The van der Waals surface area contributed by atoms with E-state index in [-0.39, 0.29) is 11.3 Å². The average molecular weight is 352 g/mol. The van der Waals surface area contributed by atoms with Crippen LogP contribution in [0.3, 0.4) is 0 Å². The van der Waals surface area contributed by atoms with E-state index in [1.54, 1.807) is 10.9 Å². The first kappa shape index (κ1) is 15.7. The lowest BCUT2D eigenvalue weighted by atomic mass is 9.92. The van der Waals surface area contributed by atoms with Crippen LogP contribution >= 0.6 is 0 Å². The molecular formula is C14H20N6O3S. The Morgan fingerprint density at radius 3 is 2.67 bits per heavy atom. The molecule has 130 valence electrons. The van der Waals surface area contributed by atoms with Crippen LogP contribution in [0.1, 0.15) is 36.6 Å². The number of hydrogen-bond donors (Lipinski definition) is 1. The van der Waals surface area contributed by atoms with Crippen molar-refractivity contribution in [2.45, 2.75) is 32.1 Å². The quantitative estimate of drug-likeness (QED) is 0.861.